The Kier molecular flexibility index (Phi) is 4.68. The van der Waals surface area contributed by atoms with Crippen molar-refractivity contribution in [3.8, 4) is 11.5 Å². The van der Waals surface area contributed by atoms with Gasteiger partial charge in [-0.25, -0.2) is 4.39 Å². The number of hydrogen-bond acceptors (Lipinski definition) is 5. The first-order valence-electron chi connectivity index (χ1n) is 8.77. The Balaban J connectivity index is 1.65. The van der Waals surface area contributed by atoms with E-state index >= 15 is 0 Å². The van der Waals surface area contributed by atoms with E-state index in [0.29, 0.717) is 36.8 Å². The number of benzene rings is 2. The molecule has 0 spiro atoms. The molecule has 27 heavy (non-hydrogen) atoms. The Hall–Kier alpha value is -2.70. The summed E-state index contributed by atoms with van der Waals surface area (Å²) >= 11 is 0. The maximum Gasteiger partial charge on any atom is 0.231 e. The van der Waals surface area contributed by atoms with Crippen molar-refractivity contribution >= 4 is 11.9 Å². The van der Waals surface area contributed by atoms with Crippen LogP contribution in [-0.4, -0.2) is 37.7 Å². The molecular weight excluding hydrogens is 349 g/mol. The number of carbonyl (C=O) groups is 1. The number of fused-ring (bicyclic) bond motifs is 2. The SMILES string of the molecule is COCCN1COc2c(cc3c(c2C)O/C(=C\c2cccc(F)c2)C3=O)C1. The summed E-state index contributed by atoms with van der Waals surface area (Å²) in [5, 5.41) is 0. The fourth-order valence-corrected chi connectivity index (χ4v) is 3.41. The zero-order chi connectivity index (χ0) is 19.0. The fraction of sp³-hybridized carbons (Fsp3) is 0.286. The Morgan fingerprint density at radius 1 is 1.30 bits per heavy atom. The number of hydrogen-bond donors (Lipinski definition) is 0. The van der Waals surface area contributed by atoms with Crippen molar-refractivity contribution in [1.82, 2.24) is 4.90 Å². The second-order valence-electron chi connectivity index (χ2n) is 6.68. The number of halogens is 1. The predicted molar refractivity (Wildman–Crippen MR) is 98.3 cm³/mol. The van der Waals surface area contributed by atoms with Crippen molar-refractivity contribution in [2.24, 2.45) is 0 Å². The van der Waals surface area contributed by atoms with Crippen molar-refractivity contribution in [3.63, 3.8) is 0 Å². The van der Waals surface area contributed by atoms with E-state index in [1.54, 1.807) is 25.3 Å². The standard InChI is InChI=1S/C21H20FNO4/c1-13-20-15(11-23(12-26-20)6-7-25-2)10-17-19(24)18(27-21(13)17)9-14-4-3-5-16(22)8-14/h3-5,8-10H,6-7,11-12H2,1-2H3/b18-9-. The lowest BCUT2D eigenvalue weighted by Gasteiger charge is -2.30. The number of ether oxygens (including phenoxy) is 3. The van der Waals surface area contributed by atoms with E-state index in [4.69, 9.17) is 14.2 Å². The molecule has 0 amide bonds. The molecule has 2 aliphatic rings. The summed E-state index contributed by atoms with van der Waals surface area (Å²) < 4.78 is 30.3. The van der Waals surface area contributed by atoms with Crippen LogP contribution in [0.4, 0.5) is 4.39 Å². The molecule has 2 heterocycles. The highest BCUT2D eigenvalue weighted by atomic mass is 19.1. The smallest absolute Gasteiger partial charge is 0.231 e. The van der Waals surface area contributed by atoms with Gasteiger partial charge in [-0.05, 0) is 36.8 Å². The Labute approximate surface area is 156 Å². The first-order valence-corrected chi connectivity index (χ1v) is 8.77. The van der Waals surface area contributed by atoms with Crippen LogP contribution in [0.1, 0.15) is 27.0 Å². The zero-order valence-electron chi connectivity index (χ0n) is 15.3. The third kappa shape index (κ3) is 3.34. The Bertz CT molecular complexity index is 938. The average molecular weight is 369 g/mol. The lowest BCUT2D eigenvalue weighted by Crippen LogP contribution is -2.34. The summed E-state index contributed by atoms with van der Waals surface area (Å²) in [5.41, 5.74) is 2.86. The monoisotopic (exact) mass is 369 g/mol. The summed E-state index contributed by atoms with van der Waals surface area (Å²) in [4.78, 5) is 14.9. The quantitative estimate of drug-likeness (QED) is 0.772. The molecule has 2 aromatic carbocycles. The molecule has 0 saturated heterocycles. The van der Waals surface area contributed by atoms with Crippen LogP contribution in [0.25, 0.3) is 6.08 Å². The van der Waals surface area contributed by atoms with Gasteiger partial charge in [0.05, 0.1) is 12.2 Å². The highest BCUT2D eigenvalue weighted by Gasteiger charge is 2.33. The molecule has 0 atom stereocenters. The molecule has 4 rings (SSSR count). The van der Waals surface area contributed by atoms with E-state index in [1.165, 1.54) is 12.1 Å². The number of ketones is 1. The van der Waals surface area contributed by atoms with E-state index < -0.39 is 0 Å². The first-order chi connectivity index (χ1) is 13.1. The van der Waals surface area contributed by atoms with E-state index in [9.17, 15) is 9.18 Å². The number of Topliss-reactive ketones (excluding diaryl/α,β-unsaturated/α-hetero) is 1. The molecule has 2 aromatic rings. The van der Waals surface area contributed by atoms with E-state index in [2.05, 4.69) is 4.90 Å². The highest BCUT2D eigenvalue weighted by Crippen LogP contribution is 2.43. The van der Waals surface area contributed by atoms with Gasteiger partial charge >= 0.3 is 0 Å². The minimum absolute atomic E-state index is 0.192. The Morgan fingerprint density at radius 2 is 2.15 bits per heavy atom. The van der Waals surface area contributed by atoms with Gasteiger partial charge in [0.1, 0.15) is 24.0 Å². The topological polar surface area (TPSA) is 48.0 Å². The summed E-state index contributed by atoms with van der Waals surface area (Å²) in [7, 11) is 1.66. The largest absolute Gasteiger partial charge is 0.477 e. The summed E-state index contributed by atoms with van der Waals surface area (Å²) in [5.74, 6) is 0.920. The molecule has 0 bridgehead atoms. The summed E-state index contributed by atoms with van der Waals surface area (Å²) in [6, 6.07) is 7.89. The van der Waals surface area contributed by atoms with Crippen molar-refractivity contribution in [2.75, 3.05) is 27.0 Å². The molecule has 6 heteroatoms. The predicted octanol–water partition coefficient (Wildman–Crippen LogP) is 3.55. The van der Waals surface area contributed by atoms with E-state index in [0.717, 1.165) is 23.4 Å². The van der Waals surface area contributed by atoms with Crippen LogP contribution < -0.4 is 9.47 Å². The number of nitrogens with zero attached hydrogens (tertiary/aromatic N) is 1. The Morgan fingerprint density at radius 3 is 2.93 bits per heavy atom. The molecule has 0 aromatic heterocycles. The van der Waals surface area contributed by atoms with Crippen LogP contribution in [0.3, 0.4) is 0 Å². The van der Waals surface area contributed by atoms with Crippen LogP contribution >= 0.6 is 0 Å². The second kappa shape index (κ2) is 7.13. The van der Waals surface area contributed by atoms with Crippen LogP contribution in [0.15, 0.2) is 36.1 Å². The summed E-state index contributed by atoms with van der Waals surface area (Å²) in [6.45, 7) is 4.41. The third-order valence-electron chi connectivity index (χ3n) is 4.76. The van der Waals surface area contributed by atoms with Crippen molar-refractivity contribution in [3.05, 3.63) is 64.2 Å². The second-order valence-corrected chi connectivity index (χ2v) is 6.68. The molecule has 0 N–H and O–H groups in total. The van der Waals surface area contributed by atoms with Crippen LogP contribution in [0.5, 0.6) is 11.5 Å². The van der Waals surface area contributed by atoms with Crippen LogP contribution in [0, 0.1) is 12.7 Å². The molecule has 5 nitrogen and oxygen atoms in total. The normalized spacial score (nSPS) is 17.4. The van der Waals surface area contributed by atoms with Crippen molar-refractivity contribution in [1.29, 1.82) is 0 Å². The van der Waals surface area contributed by atoms with E-state index in [1.807, 2.05) is 13.0 Å². The van der Waals surface area contributed by atoms with Crippen molar-refractivity contribution in [2.45, 2.75) is 13.5 Å². The molecule has 0 aliphatic carbocycles. The number of methoxy groups -OCH3 is 1. The molecular formula is C21H20FNO4. The average Bonchev–Trinajstić information content (AvgIpc) is 2.96. The molecule has 140 valence electrons. The van der Waals surface area contributed by atoms with Crippen molar-refractivity contribution < 1.29 is 23.4 Å². The molecule has 2 aliphatic heterocycles. The lowest BCUT2D eigenvalue weighted by molar-refractivity contribution is 0.0649. The molecule has 0 radical (unpaired) electrons. The summed E-state index contributed by atoms with van der Waals surface area (Å²) in [6.07, 6.45) is 1.57. The molecule has 0 unspecified atom stereocenters. The van der Waals surface area contributed by atoms with Gasteiger partial charge in [-0.1, -0.05) is 12.1 Å². The van der Waals surface area contributed by atoms with E-state index in [-0.39, 0.29) is 17.4 Å². The number of allylic oxidation sites excluding steroid dienone is 1. The van der Waals surface area contributed by atoms with Gasteiger partial charge < -0.3 is 14.2 Å². The fourth-order valence-electron chi connectivity index (χ4n) is 3.41. The minimum Gasteiger partial charge on any atom is -0.477 e. The highest BCUT2D eigenvalue weighted by molar-refractivity contribution is 6.15. The first kappa shape index (κ1) is 17.7. The number of rotatable bonds is 4. The van der Waals surface area contributed by atoms with Gasteiger partial charge in [0.25, 0.3) is 0 Å². The third-order valence-corrected chi connectivity index (χ3v) is 4.76. The van der Waals surface area contributed by atoms with Gasteiger partial charge in [0.15, 0.2) is 5.76 Å². The maximum atomic E-state index is 13.4. The van der Waals surface area contributed by atoms with Gasteiger partial charge in [-0.2, -0.15) is 0 Å². The van der Waals surface area contributed by atoms with Gasteiger partial charge in [0.2, 0.25) is 5.78 Å². The zero-order valence-corrected chi connectivity index (χ0v) is 15.3. The van der Waals surface area contributed by atoms with Crippen LogP contribution in [-0.2, 0) is 11.3 Å². The number of carbonyl (C=O) groups excluding carboxylic acids is 1. The maximum absolute atomic E-state index is 13.4. The minimum atomic E-state index is -0.358. The molecule has 0 saturated carbocycles. The lowest BCUT2D eigenvalue weighted by atomic mass is 10.00. The van der Waals surface area contributed by atoms with Gasteiger partial charge in [-0.3, -0.25) is 9.69 Å². The molecule has 0 fully saturated rings. The van der Waals surface area contributed by atoms with Gasteiger partial charge in [0, 0.05) is 31.3 Å². The van der Waals surface area contributed by atoms with Crippen LogP contribution in [0.2, 0.25) is 0 Å². The van der Waals surface area contributed by atoms with Gasteiger partial charge in [-0.15, -0.1) is 0 Å².